The zero-order chi connectivity index (χ0) is 20.4. The Kier molecular flexibility index (Phi) is 9.76. The van der Waals surface area contributed by atoms with E-state index in [0.717, 1.165) is 51.0 Å². The van der Waals surface area contributed by atoms with Gasteiger partial charge in [0.2, 0.25) is 0 Å². The maximum Gasteiger partial charge on any atom is 0.167 e. The monoisotopic (exact) mass is 407 g/mol. The van der Waals surface area contributed by atoms with E-state index in [4.69, 9.17) is 21.3 Å². The van der Waals surface area contributed by atoms with E-state index in [9.17, 15) is 0 Å². The minimum atomic E-state index is -0.805. The summed E-state index contributed by atoms with van der Waals surface area (Å²) in [4.78, 5) is 6.94. The third-order valence-electron chi connectivity index (χ3n) is 5.41. The molecule has 0 spiro atoms. The van der Waals surface area contributed by atoms with E-state index in [-0.39, 0.29) is 11.8 Å². The molecule has 1 heterocycles. The fraction of sp³-hybridized carbons (Fsp3) is 0.696. The molecule has 0 radical (unpaired) electrons. The van der Waals surface area contributed by atoms with Gasteiger partial charge in [-0.3, -0.25) is 0 Å². The van der Waals surface area contributed by atoms with Crippen LogP contribution in [0.1, 0.15) is 64.1 Å². The molecular weight excluding hydrogens is 370 g/mol. The van der Waals surface area contributed by atoms with Crippen LogP contribution in [0.15, 0.2) is 36.7 Å². The van der Waals surface area contributed by atoms with E-state index in [2.05, 4.69) is 55.8 Å². The molecular formula is C23H38ClN3O. The van der Waals surface area contributed by atoms with Crippen LogP contribution >= 0.6 is 11.6 Å². The summed E-state index contributed by atoms with van der Waals surface area (Å²) >= 11 is 7.09. The molecule has 1 aromatic heterocycles. The van der Waals surface area contributed by atoms with Crippen molar-refractivity contribution in [2.24, 2.45) is 5.92 Å². The third kappa shape index (κ3) is 6.47. The topological polar surface area (TPSA) is 30.3 Å². The molecule has 4 nitrogen and oxygen atoms in total. The number of unbranched alkanes of at least 4 members (excludes halogenated alkanes) is 2. The van der Waals surface area contributed by atoms with Gasteiger partial charge in [-0.1, -0.05) is 62.9 Å². The number of halogens is 1. The van der Waals surface area contributed by atoms with Crippen LogP contribution in [0.2, 0.25) is 0 Å². The summed E-state index contributed by atoms with van der Waals surface area (Å²) in [6.07, 6.45) is 19.1. The van der Waals surface area contributed by atoms with Gasteiger partial charge in [-0.05, 0) is 46.0 Å². The Morgan fingerprint density at radius 3 is 2.71 bits per heavy atom. The SMILES string of the molecule is CCCCC(c1nccn1CCCC)C1C=CC=CC1(Cl)OCCCN(C)C. The highest BCUT2D eigenvalue weighted by Crippen LogP contribution is 2.44. The van der Waals surface area contributed by atoms with E-state index in [1.165, 1.54) is 6.42 Å². The van der Waals surface area contributed by atoms with Crippen molar-refractivity contribution in [1.82, 2.24) is 14.5 Å². The number of rotatable bonds is 13. The van der Waals surface area contributed by atoms with Gasteiger partial charge in [-0.15, -0.1) is 0 Å². The fourth-order valence-corrected chi connectivity index (χ4v) is 4.21. The lowest BCUT2D eigenvalue weighted by molar-refractivity contribution is 0.0109. The smallest absolute Gasteiger partial charge is 0.167 e. The van der Waals surface area contributed by atoms with Crippen LogP contribution in [0, 0.1) is 5.92 Å². The summed E-state index contributed by atoms with van der Waals surface area (Å²) in [6, 6.07) is 0. The molecule has 1 aliphatic rings. The van der Waals surface area contributed by atoms with Crippen LogP contribution < -0.4 is 0 Å². The maximum absolute atomic E-state index is 7.09. The van der Waals surface area contributed by atoms with Crippen molar-refractivity contribution in [1.29, 1.82) is 0 Å². The first-order valence-electron chi connectivity index (χ1n) is 10.9. The van der Waals surface area contributed by atoms with E-state index in [1.54, 1.807) is 0 Å². The van der Waals surface area contributed by atoms with Crippen LogP contribution in [0.5, 0.6) is 0 Å². The van der Waals surface area contributed by atoms with Gasteiger partial charge in [0.25, 0.3) is 0 Å². The van der Waals surface area contributed by atoms with Gasteiger partial charge in [0.15, 0.2) is 5.06 Å². The van der Waals surface area contributed by atoms with E-state index < -0.39 is 5.06 Å². The van der Waals surface area contributed by atoms with Gasteiger partial charge in [0.05, 0.1) is 6.61 Å². The Morgan fingerprint density at radius 1 is 1.21 bits per heavy atom. The second-order valence-corrected chi connectivity index (χ2v) is 8.64. The molecule has 0 aliphatic heterocycles. The molecule has 1 aliphatic carbocycles. The Bertz CT molecular complexity index is 625. The van der Waals surface area contributed by atoms with Crippen LogP contribution in [0.3, 0.4) is 0 Å². The molecule has 3 atom stereocenters. The Hall–Kier alpha value is -1.10. The summed E-state index contributed by atoms with van der Waals surface area (Å²) in [7, 11) is 4.17. The van der Waals surface area contributed by atoms with Crippen molar-refractivity contribution in [2.75, 3.05) is 27.2 Å². The standard InChI is InChI=1S/C23H38ClN3O/c1-5-7-12-20(22-25-15-18-27(22)17-8-6-2)21-13-9-10-14-23(21,24)28-19-11-16-26(3)4/h9-10,13-15,18,20-21H,5-8,11-12,16-17,19H2,1-4H3. The Labute approximate surface area is 176 Å². The van der Waals surface area contributed by atoms with Crippen molar-refractivity contribution < 1.29 is 4.74 Å². The van der Waals surface area contributed by atoms with Gasteiger partial charge in [0, 0.05) is 30.8 Å². The lowest BCUT2D eigenvalue weighted by Gasteiger charge is -2.38. The molecule has 158 valence electrons. The number of allylic oxidation sites excluding steroid dienone is 2. The summed E-state index contributed by atoms with van der Waals surface area (Å²) in [5.41, 5.74) is 0. The number of aromatic nitrogens is 2. The quantitative estimate of drug-likeness (QED) is 0.315. The van der Waals surface area contributed by atoms with Gasteiger partial charge < -0.3 is 14.2 Å². The first-order chi connectivity index (χ1) is 13.5. The summed E-state index contributed by atoms with van der Waals surface area (Å²) in [6.45, 7) is 7.13. The zero-order valence-corrected chi connectivity index (χ0v) is 18.9. The minimum Gasteiger partial charge on any atom is -0.355 e. The summed E-state index contributed by atoms with van der Waals surface area (Å²) in [5.74, 6) is 1.47. The number of aryl methyl sites for hydroxylation is 1. The molecule has 0 saturated carbocycles. The molecule has 28 heavy (non-hydrogen) atoms. The van der Waals surface area contributed by atoms with Gasteiger partial charge in [-0.25, -0.2) is 4.98 Å². The molecule has 0 saturated heterocycles. The lowest BCUT2D eigenvalue weighted by Crippen LogP contribution is -2.38. The molecule has 2 rings (SSSR count). The average molecular weight is 408 g/mol. The largest absolute Gasteiger partial charge is 0.355 e. The first-order valence-corrected chi connectivity index (χ1v) is 11.2. The van der Waals surface area contributed by atoms with Gasteiger partial charge >= 0.3 is 0 Å². The molecule has 0 fully saturated rings. The highest BCUT2D eigenvalue weighted by Gasteiger charge is 2.42. The Morgan fingerprint density at radius 2 is 2.00 bits per heavy atom. The number of hydrogen-bond donors (Lipinski definition) is 0. The number of hydrogen-bond acceptors (Lipinski definition) is 3. The van der Waals surface area contributed by atoms with E-state index >= 15 is 0 Å². The summed E-state index contributed by atoms with van der Waals surface area (Å²) < 4.78 is 8.60. The van der Waals surface area contributed by atoms with Gasteiger partial charge in [-0.2, -0.15) is 0 Å². The molecule has 0 amide bonds. The van der Waals surface area contributed by atoms with Crippen molar-refractivity contribution in [3.63, 3.8) is 0 Å². The van der Waals surface area contributed by atoms with Crippen molar-refractivity contribution in [3.8, 4) is 0 Å². The van der Waals surface area contributed by atoms with Crippen molar-refractivity contribution in [3.05, 3.63) is 42.5 Å². The predicted octanol–water partition coefficient (Wildman–Crippen LogP) is 5.60. The van der Waals surface area contributed by atoms with Crippen molar-refractivity contribution in [2.45, 2.75) is 69.9 Å². The maximum atomic E-state index is 7.09. The van der Waals surface area contributed by atoms with Crippen LogP contribution in [-0.2, 0) is 11.3 Å². The lowest BCUT2D eigenvalue weighted by atomic mass is 9.80. The minimum absolute atomic E-state index is 0.0767. The fourth-order valence-electron chi connectivity index (χ4n) is 3.84. The second kappa shape index (κ2) is 11.8. The van der Waals surface area contributed by atoms with Gasteiger partial charge in [0.1, 0.15) is 5.82 Å². The Balaban J connectivity index is 2.21. The first kappa shape index (κ1) is 23.2. The predicted molar refractivity (Wildman–Crippen MR) is 119 cm³/mol. The van der Waals surface area contributed by atoms with Crippen molar-refractivity contribution >= 4 is 11.6 Å². The molecule has 5 heteroatoms. The van der Waals surface area contributed by atoms with Crippen LogP contribution in [0.25, 0.3) is 0 Å². The molecule has 0 N–H and O–H groups in total. The molecule has 3 unspecified atom stereocenters. The zero-order valence-electron chi connectivity index (χ0n) is 18.1. The van der Waals surface area contributed by atoms with E-state index in [1.807, 2.05) is 18.3 Å². The number of nitrogens with zero attached hydrogens (tertiary/aromatic N) is 3. The number of alkyl halides is 1. The highest BCUT2D eigenvalue weighted by molar-refractivity contribution is 6.24. The second-order valence-electron chi connectivity index (χ2n) is 8.05. The van der Waals surface area contributed by atoms with Crippen LogP contribution in [-0.4, -0.2) is 46.8 Å². The average Bonchev–Trinajstić information content (AvgIpc) is 3.13. The normalized spacial score (nSPS) is 22.9. The molecule has 0 bridgehead atoms. The molecule has 0 aromatic carbocycles. The molecule has 1 aromatic rings. The summed E-state index contributed by atoms with van der Waals surface area (Å²) in [5, 5.41) is -0.805. The van der Waals surface area contributed by atoms with Crippen LogP contribution in [0.4, 0.5) is 0 Å². The number of imidazole rings is 1. The highest BCUT2D eigenvalue weighted by atomic mass is 35.5. The third-order valence-corrected chi connectivity index (χ3v) is 5.90. The van der Waals surface area contributed by atoms with E-state index in [0.29, 0.717) is 6.61 Å². The number of ether oxygens (including phenoxy) is 1.